The van der Waals surface area contributed by atoms with E-state index < -0.39 is 18.2 Å². The highest BCUT2D eigenvalue weighted by molar-refractivity contribution is 6.32. The molecule has 100 valence electrons. The van der Waals surface area contributed by atoms with Crippen LogP contribution < -0.4 is 0 Å². The van der Waals surface area contributed by atoms with Crippen LogP contribution in [0.1, 0.15) is 25.0 Å². The number of hydrogen-bond acceptors (Lipinski definition) is 6. The number of halogens is 2. The molecule has 0 aromatic carbocycles. The molecule has 0 saturated heterocycles. The second kappa shape index (κ2) is 6.84. The molecule has 2 atom stereocenters. The van der Waals surface area contributed by atoms with Gasteiger partial charge in [0, 0.05) is 11.8 Å². The van der Waals surface area contributed by atoms with Gasteiger partial charge >= 0.3 is 5.97 Å². The number of ether oxygens (including phenoxy) is 1. The van der Waals surface area contributed by atoms with Crippen LogP contribution in [-0.4, -0.2) is 38.9 Å². The Hall–Kier alpha value is -0.950. The summed E-state index contributed by atoms with van der Waals surface area (Å²) in [5.74, 6) is -0.616. The lowest BCUT2D eigenvalue weighted by Gasteiger charge is -2.17. The summed E-state index contributed by atoms with van der Waals surface area (Å²) in [6, 6.07) is 0. The number of carbonyl (C=O) groups is 1. The Labute approximate surface area is 114 Å². The van der Waals surface area contributed by atoms with E-state index in [1.807, 2.05) is 0 Å². The van der Waals surface area contributed by atoms with Crippen molar-refractivity contribution in [3.05, 3.63) is 22.2 Å². The molecule has 0 aliphatic heterocycles. The smallest absolute Gasteiger partial charge is 0.308 e. The van der Waals surface area contributed by atoms with Gasteiger partial charge in [0.2, 0.25) is 5.28 Å². The number of nitrogens with zero attached hydrogens (tertiary/aromatic N) is 2. The maximum atomic E-state index is 11.1. The molecule has 8 heteroatoms. The first-order valence-electron chi connectivity index (χ1n) is 5.15. The lowest BCUT2D eigenvalue weighted by Crippen LogP contribution is -2.23. The Bertz CT molecular complexity index is 430. The van der Waals surface area contributed by atoms with E-state index in [0.717, 1.165) is 0 Å². The van der Waals surface area contributed by atoms with Crippen molar-refractivity contribution in [2.45, 2.75) is 25.6 Å². The maximum absolute atomic E-state index is 11.1. The molecule has 0 radical (unpaired) electrons. The number of hydrogen-bond donors (Lipinski definition) is 2. The first-order valence-corrected chi connectivity index (χ1v) is 5.91. The average molecular weight is 295 g/mol. The Morgan fingerprint density at radius 3 is 2.72 bits per heavy atom. The summed E-state index contributed by atoms with van der Waals surface area (Å²) in [5, 5.41) is 19.3. The van der Waals surface area contributed by atoms with Crippen molar-refractivity contribution in [3.63, 3.8) is 0 Å². The molecular formula is C10H12Cl2N2O4. The highest BCUT2D eigenvalue weighted by Crippen LogP contribution is 2.25. The first kappa shape index (κ1) is 15.1. The van der Waals surface area contributed by atoms with Crippen molar-refractivity contribution in [2.24, 2.45) is 0 Å². The van der Waals surface area contributed by atoms with Crippen molar-refractivity contribution in [1.29, 1.82) is 0 Å². The van der Waals surface area contributed by atoms with E-state index in [9.17, 15) is 15.0 Å². The molecule has 18 heavy (non-hydrogen) atoms. The third kappa shape index (κ3) is 4.06. The van der Waals surface area contributed by atoms with Gasteiger partial charge in [-0.05, 0) is 18.5 Å². The van der Waals surface area contributed by atoms with E-state index in [2.05, 4.69) is 14.7 Å². The normalized spacial score (nSPS) is 14.1. The molecule has 0 aliphatic rings. The molecule has 6 nitrogen and oxygen atoms in total. The lowest BCUT2D eigenvalue weighted by atomic mass is 10.1. The number of aliphatic hydroxyl groups excluding tert-OH is 2. The quantitative estimate of drug-likeness (QED) is 0.480. The van der Waals surface area contributed by atoms with Gasteiger partial charge in [-0.3, -0.25) is 4.79 Å². The van der Waals surface area contributed by atoms with Crippen LogP contribution in [0.3, 0.4) is 0 Å². The Kier molecular flexibility index (Phi) is 5.74. The zero-order valence-corrected chi connectivity index (χ0v) is 11.0. The fraction of sp³-hybridized carbons (Fsp3) is 0.500. The molecule has 0 amide bonds. The van der Waals surface area contributed by atoms with Crippen LogP contribution in [0.2, 0.25) is 10.4 Å². The number of esters is 1. The van der Waals surface area contributed by atoms with E-state index in [1.165, 1.54) is 6.20 Å². The zero-order chi connectivity index (χ0) is 13.7. The van der Waals surface area contributed by atoms with Gasteiger partial charge < -0.3 is 14.9 Å². The molecule has 1 aromatic heterocycles. The van der Waals surface area contributed by atoms with Gasteiger partial charge in [-0.1, -0.05) is 11.6 Å². The third-order valence-corrected chi connectivity index (χ3v) is 2.59. The fourth-order valence-electron chi connectivity index (χ4n) is 1.26. The van der Waals surface area contributed by atoms with E-state index in [4.69, 9.17) is 23.2 Å². The average Bonchev–Trinajstić information content (AvgIpc) is 2.28. The largest absolute Gasteiger partial charge is 0.466 e. The van der Waals surface area contributed by atoms with E-state index in [0.29, 0.717) is 0 Å². The first-order chi connectivity index (χ1) is 8.45. The summed E-state index contributed by atoms with van der Waals surface area (Å²) in [5.41, 5.74) is 0.0952. The summed E-state index contributed by atoms with van der Waals surface area (Å²) in [6.07, 6.45) is -1.91. The molecule has 0 spiro atoms. The minimum Gasteiger partial charge on any atom is -0.466 e. The van der Waals surface area contributed by atoms with Gasteiger partial charge in [-0.25, -0.2) is 9.97 Å². The number of aliphatic hydroxyl groups is 2. The summed E-state index contributed by atoms with van der Waals surface area (Å²) >= 11 is 11.2. The van der Waals surface area contributed by atoms with Crippen molar-refractivity contribution in [3.8, 4) is 0 Å². The Balaban J connectivity index is 2.73. The van der Waals surface area contributed by atoms with Crippen LogP contribution in [-0.2, 0) is 9.53 Å². The summed E-state index contributed by atoms with van der Waals surface area (Å²) < 4.78 is 4.65. The monoisotopic (exact) mass is 294 g/mol. The van der Waals surface area contributed by atoms with Gasteiger partial charge in [0.05, 0.1) is 19.1 Å². The van der Waals surface area contributed by atoms with Gasteiger partial charge in [-0.2, -0.15) is 0 Å². The molecule has 2 unspecified atom stereocenters. The minimum atomic E-state index is -1.39. The van der Waals surface area contributed by atoms with Crippen LogP contribution in [0, 0.1) is 0 Å². The number of carbonyl (C=O) groups excluding carboxylic acids is 1. The highest BCUT2D eigenvalue weighted by atomic mass is 35.5. The minimum absolute atomic E-state index is 0.0733. The van der Waals surface area contributed by atoms with E-state index >= 15 is 0 Å². The van der Waals surface area contributed by atoms with Crippen molar-refractivity contribution >= 4 is 29.2 Å². The number of aromatic nitrogens is 2. The summed E-state index contributed by atoms with van der Waals surface area (Å²) in [6.45, 7) is 1.84. The van der Waals surface area contributed by atoms with Gasteiger partial charge in [-0.15, -0.1) is 0 Å². The second-order valence-electron chi connectivity index (χ2n) is 3.41. The number of rotatable bonds is 5. The third-order valence-electron chi connectivity index (χ3n) is 2.10. The van der Waals surface area contributed by atoms with Gasteiger partial charge in [0.1, 0.15) is 11.3 Å². The van der Waals surface area contributed by atoms with Crippen LogP contribution in [0.15, 0.2) is 6.20 Å². The molecule has 2 N–H and O–H groups in total. The Morgan fingerprint density at radius 2 is 2.17 bits per heavy atom. The standard InChI is InChI=1S/C10H12Cl2N2O4/c1-2-18-7(16)3-6(15)8(17)5-4-13-10(12)14-9(5)11/h4,6,8,15,17H,2-3H2,1H3. The summed E-state index contributed by atoms with van der Waals surface area (Å²) in [7, 11) is 0. The zero-order valence-electron chi connectivity index (χ0n) is 9.51. The summed E-state index contributed by atoms with van der Waals surface area (Å²) in [4.78, 5) is 18.4. The molecule has 1 aromatic rings. The van der Waals surface area contributed by atoms with Gasteiger partial charge in [0.25, 0.3) is 0 Å². The lowest BCUT2D eigenvalue weighted by molar-refractivity contribution is -0.147. The predicted octanol–water partition coefficient (Wildman–Crippen LogP) is 1.13. The molecule has 0 bridgehead atoms. The molecule has 0 aliphatic carbocycles. The predicted molar refractivity (Wildman–Crippen MR) is 64.3 cm³/mol. The SMILES string of the molecule is CCOC(=O)CC(O)C(O)c1cnc(Cl)nc1Cl. The van der Waals surface area contributed by atoms with Crippen molar-refractivity contribution in [2.75, 3.05) is 6.61 Å². The van der Waals surface area contributed by atoms with Crippen LogP contribution in [0.4, 0.5) is 0 Å². The van der Waals surface area contributed by atoms with Crippen LogP contribution in [0.5, 0.6) is 0 Å². The molecule has 0 saturated carbocycles. The molecule has 1 rings (SSSR count). The van der Waals surface area contributed by atoms with Crippen molar-refractivity contribution in [1.82, 2.24) is 9.97 Å². The molecular weight excluding hydrogens is 283 g/mol. The van der Waals surface area contributed by atoms with Crippen LogP contribution >= 0.6 is 23.2 Å². The van der Waals surface area contributed by atoms with Crippen LogP contribution in [0.25, 0.3) is 0 Å². The topological polar surface area (TPSA) is 92.5 Å². The molecule has 0 fully saturated rings. The Morgan fingerprint density at radius 1 is 1.50 bits per heavy atom. The van der Waals surface area contributed by atoms with Crippen molar-refractivity contribution < 1.29 is 19.7 Å². The second-order valence-corrected chi connectivity index (χ2v) is 4.10. The maximum Gasteiger partial charge on any atom is 0.308 e. The fourth-order valence-corrected chi connectivity index (χ4v) is 1.68. The van der Waals surface area contributed by atoms with E-state index in [1.54, 1.807) is 6.92 Å². The van der Waals surface area contributed by atoms with E-state index in [-0.39, 0.29) is 29.0 Å². The highest BCUT2D eigenvalue weighted by Gasteiger charge is 2.25. The molecule has 1 heterocycles. The van der Waals surface area contributed by atoms with Gasteiger partial charge in [0.15, 0.2) is 0 Å².